The number of H-pyrrole nitrogens is 1. The van der Waals surface area contributed by atoms with Crippen LogP contribution < -0.4 is 16.6 Å². The van der Waals surface area contributed by atoms with E-state index in [1.807, 2.05) is 0 Å². The summed E-state index contributed by atoms with van der Waals surface area (Å²) in [5, 5.41) is 2.85. The van der Waals surface area contributed by atoms with Crippen LogP contribution in [0.5, 0.6) is 0 Å². The molecule has 0 radical (unpaired) electrons. The number of hydrogen-bond acceptors (Lipinski definition) is 5. The molecular formula is C8H14N4O2. The molecule has 6 heteroatoms. The van der Waals surface area contributed by atoms with Crippen molar-refractivity contribution < 1.29 is 4.74 Å². The Hall–Kier alpha value is -1.40. The summed E-state index contributed by atoms with van der Waals surface area (Å²) >= 11 is 0. The predicted molar refractivity (Wildman–Crippen MR) is 53.2 cm³/mol. The molecule has 6 nitrogen and oxygen atoms in total. The van der Waals surface area contributed by atoms with Crippen molar-refractivity contribution >= 4 is 5.82 Å². The highest BCUT2D eigenvalue weighted by atomic mass is 16.5. The quantitative estimate of drug-likeness (QED) is 0.518. The predicted octanol–water partition coefficient (Wildman–Crippen LogP) is -0.843. The van der Waals surface area contributed by atoms with E-state index >= 15 is 0 Å². The lowest BCUT2D eigenvalue weighted by Gasteiger charge is -2.04. The number of rotatable bonds is 6. The van der Waals surface area contributed by atoms with Gasteiger partial charge in [-0.15, -0.1) is 0 Å². The first-order valence-corrected chi connectivity index (χ1v) is 4.40. The lowest BCUT2D eigenvalue weighted by molar-refractivity contribution is 0.151. The number of aromatic amines is 1. The molecule has 1 aromatic heterocycles. The zero-order valence-corrected chi connectivity index (χ0v) is 7.82. The summed E-state index contributed by atoms with van der Waals surface area (Å²) in [6, 6.07) is 0. The van der Waals surface area contributed by atoms with Crippen molar-refractivity contribution in [3.63, 3.8) is 0 Å². The summed E-state index contributed by atoms with van der Waals surface area (Å²) in [6.45, 7) is 2.08. The third-order valence-corrected chi connectivity index (χ3v) is 1.51. The minimum absolute atomic E-state index is 0.230. The molecule has 0 bridgehead atoms. The average Bonchev–Trinajstić information content (AvgIpc) is 2.20. The van der Waals surface area contributed by atoms with Crippen molar-refractivity contribution in [3.8, 4) is 0 Å². The van der Waals surface area contributed by atoms with Crippen molar-refractivity contribution in [2.75, 3.05) is 31.6 Å². The Balaban J connectivity index is 2.25. The van der Waals surface area contributed by atoms with Gasteiger partial charge in [0.15, 0.2) is 5.82 Å². The third-order valence-electron chi connectivity index (χ3n) is 1.51. The molecule has 0 fully saturated rings. The molecule has 1 rings (SSSR count). The van der Waals surface area contributed by atoms with Gasteiger partial charge in [0.1, 0.15) is 0 Å². The Morgan fingerprint density at radius 2 is 2.43 bits per heavy atom. The van der Waals surface area contributed by atoms with Crippen LogP contribution in [0.15, 0.2) is 17.2 Å². The second-order valence-corrected chi connectivity index (χ2v) is 2.59. The summed E-state index contributed by atoms with van der Waals surface area (Å²) in [4.78, 5) is 17.5. The van der Waals surface area contributed by atoms with Crippen LogP contribution in [-0.4, -0.2) is 36.3 Å². The van der Waals surface area contributed by atoms with Crippen LogP contribution in [0.1, 0.15) is 0 Å². The molecule has 4 N–H and O–H groups in total. The number of nitrogens with zero attached hydrogens (tertiary/aromatic N) is 1. The highest BCUT2D eigenvalue weighted by Crippen LogP contribution is 1.88. The van der Waals surface area contributed by atoms with Gasteiger partial charge in [0.05, 0.1) is 13.2 Å². The second-order valence-electron chi connectivity index (χ2n) is 2.59. The van der Waals surface area contributed by atoms with Crippen LogP contribution >= 0.6 is 0 Å². The molecule has 0 aliphatic rings. The van der Waals surface area contributed by atoms with E-state index in [0.717, 1.165) is 0 Å². The standard InChI is InChI=1S/C8H14N4O2/c9-1-5-14-6-4-11-7-8(13)12-3-2-10-7/h2-3H,1,4-6,9H2,(H,10,11)(H,12,13). The highest BCUT2D eigenvalue weighted by molar-refractivity contribution is 5.29. The molecule has 0 amide bonds. The number of nitrogens with two attached hydrogens (primary N) is 1. The second kappa shape index (κ2) is 6.11. The van der Waals surface area contributed by atoms with Crippen LogP contribution in [-0.2, 0) is 4.74 Å². The molecule has 14 heavy (non-hydrogen) atoms. The van der Waals surface area contributed by atoms with E-state index in [9.17, 15) is 4.79 Å². The molecule has 0 aromatic carbocycles. The number of ether oxygens (including phenoxy) is 1. The molecular weight excluding hydrogens is 184 g/mol. The Morgan fingerprint density at radius 1 is 1.57 bits per heavy atom. The van der Waals surface area contributed by atoms with Gasteiger partial charge in [0.2, 0.25) is 0 Å². The van der Waals surface area contributed by atoms with E-state index in [0.29, 0.717) is 32.1 Å². The Bertz CT molecular complexity index is 312. The van der Waals surface area contributed by atoms with Gasteiger partial charge < -0.3 is 20.8 Å². The maximum absolute atomic E-state index is 11.1. The van der Waals surface area contributed by atoms with E-state index in [1.54, 1.807) is 0 Å². The van der Waals surface area contributed by atoms with Gasteiger partial charge >= 0.3 is 0 Å². The molecule has 1 aromatic rings. The fourth-order valence-corrected chi connectivity index (χ4v) is 0.905. The van der Waals surface area contributed by atoms with E-state index in [2.05, 4.69) is 15.3 Å². The fourth-order valence-electron chi connectivity index (χ4n) is 0.905. The third kappa shape index (κ3) is 3.55. The molecule has 0 saturated carbocycles. The largest absolute Gasteiger partial charge is 0.378 e. The van der Waals surface area contributed by atoms with Crippen LogP contribution in [0.4, 0.5) is 5.82 Å². The number of hydrogen-bond donors (Lipinski definition) is 3. The maximum Gasteiger partial charge on any atom is 0.290 e. The molecule has 0 aliphatic heterocycles. The topological polar surface area (TPSA) is 93.0 Å². The maximum atomic E-state index is 11.1. The van der Waals surface area contributed by atoms with Gasteiger partial charge in [-0.05, 0) is 0 Å². The zero-order valence-electron chi connectivity index (χ0n) is 7.82. The molecule has 0 aliphatic carbocycles. The monoisotopic (exact) mass is 198 g/mol. The van der Waals surface area contributed by atoms with Crippen LogP contribution in [0.25, 0.3) is 0 Å². The van der Waals surface area contributed by atoms with Crippen molar-refractivity contribution in [3.05, 3.63) is 22.7 Å². The summed E-state index contributed by atoms with van der Waals surface area (Å²) in [5.74, 6) is 0.309. The Morgan fingerprint density at radius 3 is 3.14 bits per heavy atom. The van der Waals surface area contributed by atoms with E-state index < -0.39 is 0 Å². The van der Waals surface area contributed by atoms with Crippen LogP contribution in [0.2, 0.25) is 0 Å². The van der Waals surface area contributed by atoms with Gasteiger partial charge in [-0.1, -0.05) is 0 Å². The number of aromatic nitrogens is 2. The van der Waals surface area contributed by atoms with Gasteiger partial charge in [0.25, 0.3) is 5.56 Å². The Kier molecular flexibility index (Phi) is 4.66. The zero-order chi connectivity index (χ0) is 10.2. The number of anilines is 1. The molecule has 0 atom stereocenters. The minimum atomic E-state index is -0.230. The average molecular weight is 198 g/mol. The smallest absolute Gasteiger partial charge is 0.290 e. The van der Waals surface area contributed by atoms with Crippen LogP contribution in [0, 0.1) is 0 Å². The first kappa shape index (κ1) is 10.7. The normalized spacial score (nSPS) is 10.1. The van der Waals surface area contributed by atoms with Gasteiger partial charge in [-0.25, -0.2) is 4.98 Å². The Labute approximate surface area is 81.5 Å². The van der Waals surface area contributed by atoms with Crippen molar-refractivity contribution in [2.24, 2.45) is 5.73 Å². The molecule has 1 heterocycles. The molecule has 78 valence electrons. The fraction of sp³-hybridized carbons (Fsp3) is 0.500. The molecule has 0 saturated heterocycles. The summed E-state index contributed by atoms with van der Waals surface area (Å²) < 4.78 is 5.12. The van der Waals surface area contributed by atoms with Gasteiger partial charge in [-0.3, -0.25) is 4.79 Å². The molecule has 0 spiro atoms. The minimum Gasteiger partial charge on any atom is -0.378 e. The first-order valence-electron chi connectivity index (χ1n) is 4.40. The summed E-state index contributed by atoms with van der Waals surface area (Å²) in [5.41, 5.74) is 5.00. The molecule has 0 unspecified atom stereocenters. The van der Waals surface area contributed by atoms with E-state index in [4.69, 9.17) is 10.5 Å². The summed E-state index contributed by atoms with van der Waals surface area (Å²) in [7, 11) is 0. The first-order chi connectivity index (χ1) is 6.84. The van der Waals surface area contributed by atoms with E-state index in [1.165, 1.54) is 12.4 Å². The lowest BCUT2D eigenvalue weighted by atomic mass is 10.6. The van der Waals surface area contributed by atoms with Gasteiger partial charge in [-0.2, -0.15) is 0 Å². The van der Waals surface area contributed by atoms with Crippen molar-refractivity contribution in [2.45, 2.75) is 0 Å². The number of nitrogens with one attached hydrogen (secondary N) is 2. The van der Waals surface area contributed by atoms with Gasteiger partial charge in [0, 0.05) is 25.5 Å². The van der Waals surface area contributed by atoms with E-state index in [-0.39, 0.29) is 5.56 Å². The lowest BCUT2D eigenvalue weighted by Crippen LogP contribution is -2.19. The highest BCUT2D eigenvalue weighted by Gasteiger charge is 1.96. The van der Waals surface area contributed by atoms with Crippen molar-refractivity contribution in [1.29, 1.82) is 0 Å². The van der Waals surface area contributed by atoms with Crippen LogP contribution in [0.3, 0.4) is 0 Å². The summed E-state index contributed by atoms with van der Waals surface area (Å²) in [6.07, 6.45) is 3.00. The SMILES string of the molecule is NCCOCCNc1ncc[nH]c1=O. The van der Waals surface area contributed by atoms with Crippen molar-refractivity contribution in [1.82, 2.24) is 9.97 Å².